The topological polar surface area (TPSA) is 93.0 Å². The monoisotopic (exact) mass is 290 g/mol. The van der Waals surface area contributed by atoms with Crippen molar-refractivity contribution in [2.75, 3.05) is 0 Å². The molecule has 0 aliphatic carbocycles. The molecule has 0 bridgehead atoms. The van der Waals surface area contributed by atoms with E-state index in [1.54, 1.807) is 12.4 Å². The largest absolute Gasteiger partial charge is 0.480 e. The smallest absolute Gasteiger partial charge is 0.331 e. The third kappa shape index (κ3) is 3.42. The molecule has 0 fully saturated rings. The molecule has 0 spiro atoms. The number of carbonyl (C=O) groups is 1. The van der Waals surface area contributed by atoms with Crippen LogP contribution in [0.15, 0.2) is 36.9 Å². The van der Waals surface area contributed by atoms with Gasteiger partial charge in [0.2, 0.25) is 0 Å². The summed E-state index contributed by atoms with van der Waals surface area (Å²) in [5, 5.41) is 32.0. The Hall–Kier alpha value is -2.31. The van der Waals surface area contributed by atoms with E-state index in [1.807, 2.05) is 24.3 Å². The Kier molecular flexibility index (Phi) is 4.62. The number of nitrogens with zero attached hydrogens (tertiary/aromatic N) is 1. The van der Waals surface area contributed by atoms with Crippen LogP contribution in [0.4, 0.5) is 0 Å². The minimum Gasteiger partial charge on any atom is -0.480 e. The third-order valence-electron chi connectivity index (χ3n) is 3.32. The second kappa shape index (κ2) is 6.43. The summed E-state index contributed by atoms with van der Waals surface area (Å²) in [5.74, 6) is -1.18. The highest BCUT2D eigenvalue weighted by atomic mass is 16.4. The van der Waals surface area contributed by atoms with E-state index in [2.05, 4.69) is 12.0 Å². The molecular formula is C15H18N2O4. The minimum absolute atomic E-state index is 0.103. The quantitative estimate of drug-likeness (QED) is 0.488. The first-order chi connectivity index (χ1) is 10.0. The van der Waals surface area contributed by atoms with E-state index < -0.39 is 24.2 Å². The summed E-state index contributed by atoms with van der Waals surface area (Å²) in [5.41, 5.74) is 2.83. The first kappa shape index (κ1) is 15.1. The van der Waals surface area contributed by atoms with E-state index in [0.717, 1.165) is 10.4 Å². The number of aliphatic hydroxyl groups excluding tert-OH is 2. The summed E-state index contributed by atoms with van der Waals surface area (Å²) in [6, 6.07) is 6.25. The van der Waals surface area contributed by atoms with Gasteiger partial charge in [0.05, 0.1) is 12.2 Å². The number of benzene rings is 1. The van der Waals surface area contributed by atoms with Gasteiger partial charge in [-0.05, 0) is 0 Å². The van der Waals surface area contributed by atoms with Crippen molar-refractivity contribution in [1.82, 2.24) is 10.4 Å². The molecule has 1 heterocycles. The molecule has 1 aromatic rings. The second-order valence-corrected chi connectivity index (χ2v) is 4.83. The van der Waals surface area contributed by atoms with Crippen LogP contribution in [0.2, 0.25) is 0 Å². The molecule has 0 aromatic heterocycles. The first-order valence-electron chi connectivity index (χ1n) is 6.56. The van der Waals surface area contributed by atoms with Gasteiger partial charge in [-0.3, -0.25) is 5.01 Å². The number of fused-ring (bicyclic) bond motifs is 1. The lowest BCUT2D eigenvalue weighted by molar-refractivity contribution is -0.147. The second-order valence-electron chi connectivity index (χ2n) is 4.83. The van der Waals surface area contributed by atoms with Crippen LogP contribution in [0.3, 0.4) is 0 Å². The van der Waals surface area contributed by atoms with Crippen LogP contribution in [0.1, 0.15) is 6.42 Å². The van der Waals surface area contributed by atoms with Gasteiger partial charge in [0, 0.05) is 29.3 Å². The Morgan fingerprint density at radius 2 is 2.00 bits per heavy atom. The van der Waals surface area contributed by atoms with Crippen molar-refractivity contribution < 1.29 is 20.1 Å². The predicted molar refractivity (Wildman–Crippen MR) is 77.8 cm³/mol. The summed E-state index contributed by atoms with van der Waals surface area (Å²) in [6.07, 6.45) is 2.24. The van der Waals surface area contributed by atoms with Gasteiger partial charge in [-0.2, -0.15) is 0 Å². The van der Waals surface area contributed by atoms with Crippen LogP contribution in [0.5, 0.6) is 0 Å². The normalized spacial score (nSPS) is 17.3. The zero-order valence-corrected chi connectivity index (χ0v) is 11.4. The maximum atomic E-state index is 11.4. The predicted octanol–water partition coefficient (Wildman–Crippen LogP) is -1.27. The Bertz CT molecular complexity index is 643. The van der Waals surface area contributed by atoms with Gasteiger partial charge in [-0.15, -0.1) is 6.58 Å². The summed E-state index contributed by atoms with van der Waals surface area (Å²) in [4.78, 5) is 11.4. The molecule has 21 heavy (non-hydrogen) atoms. The van der Waals surface area contributed by atoms with Gasteiger partial charge in [0.25, 0.3) is 0 Å². The van der Waals surface area contributed by atoms with Gasteiger partial charge in [0.15, 0.2) is 6.04 Å². The average molecular weight is 290 g/mol. The van der Waals surface area contributed by atoms with E-state index in [0.29, 0.717) is 0 Å². The van der Waals surface area contributed by atoms with E-state index in [9.17, 15) is 20.1 Å². The fourth-order valence-electron chi connectivity index (χ4n) is 2.19. The molecule has 6 heteroatoms. The van der Waals surface area contributed by atoms with E-state index >= 15 is 0 Å². The number of rotatable bonds is 6. The van der Waals surface area contributed by atoms with Crippen molar-refractivity contribution >= 4 is 18.4 Å². The highest BCUT2D eigenvalue weighted by molar-refractivity contribution is 5.75. The number of carboxylic acids is 1. The van der Waals surface area contributed by atoms with Crippen LogP contribution in [-0.4, -0.2) is 44.5 Å². The highest BCUT2D eigenvalue weighted by Gasteiger charge is 2.32. The first-order valence-corrected chi connectivity index (χ1v) is 6.56. The van der Waals surface area contributed by atoms with E-state index in [1.165, 1.54) is 11.1 Å². The third-order valence-corrected chi connectivity index (χ3v) is 3.32. The summed E-state index contributed by atoms with van der Waals surface area (Å²) < 4.78 is 0. The number of nitrogens with one attached hydrogen (secondary N) is 1. The lowest BCUT2D eigenvalue weighted by Crippen LogP contribution is -2.55. The zero-order chi connectivity index (χ0) is 15.4. The molecule has 112 valence electrons. The summed E-state index contributed by atoms with van der Waals surface area (Å²) >= 11 is 0. The van der Waals surface area contributed by atoms with Crippen molar-refractivity contribution in [2.24, 2.45) is 0 Å². The lowest BCUT2D eigenvalue weighted by atomic mass is 10.0. The highest BCUT2D eigenvalue weighted by Crippen LogP contribution is 2.11. The zero-order valence-electron chi connectivity index (χ0n) is 11.4. The Morgan fingerprint density at radius 3 is 2.62 bits per heavy atom. The number of hydrogen-bond acceptors (Lipinski definition) is 5. The summed E-state index contributed by atoms with van der Waals surface area (Å²) in [6.45, 7) is 3.41. The SMILES string of the molecule is C=CC(O)CC(O)C(C(=O)O)N1C=c2ccccc2=CN1. The van der Waals surface area contributed by atoms with E-state index in [-0.39, 0.29) is 6.42 Å². The van der Waals surface area contributed by atoms with Crippen molar-refractivity contribution in [3.8, 4) is 0 Å². The molecule has 0 radical (unpaired) electrons. The summed E-state index contributed by atoms with van der Waals surface area (Å²) in [7, 11) is 0. The molecule has 4 N–H and O–H groups in total. The van der Waals surface area contributed by atoms with Gasteiger partial charge in [0.1, 0.15) is 0 Å². The number of hydrogen-bond donors (Lipinski definition) is 4. The standard InChI is InChI=1S/C15H18N2O4/c1-2-12(18)7-13(19)14(15(20)21)17-9-11-6-4-3-5-10(11)8-16-17/h2-6,8-9,12-14,16,18-19H,1,7H2,(H,20,21). The minimum atomic E-state index is -1.25. The Balaban J connectivity index is 2.26. The van der Waals surface area contributed by atoms with Crippen molar-refractivity contribution in [1.29, 1.82) is 0 Å². The molecule has 1 aliphatic rings. The van der Waals surface area contributed by atoms with E-state index in [4.69, 9.17) is 0 Å². The fourth-order valence-corrected chi connectivity index (χ4v) is 2.19. The molecule has 0 saturated heterocycles. The van der Waals surface area contributed by atoms with Crippen LogP contribution in [0.25, 0.3) is 12.4 Å². The van der Waals surface area contributed by atoms with Crippen molar-refractivity contribution in [3.63, 3.8) is 0 Å². The molecular weight excluding hydrogens is 272 g/mol. The number of carboxylic acid groups (broad SMARTS) is 1. The molecule has 3 unspecified atom stereocenters. The lowest BCUT2D eigenvalue weighted by Gasteiger charge is -2.32. The Morgan fingerprint density at radius 1 is 1.33 bits per heavy atom. The Labute approximate surface area is 121 Å². The molecule has 6 nitrogen and oxygen atoms in total. The van der Waals surface area contributed by atoms with Crippen molar-refractivity contribution in [2.45, 2.75) is 24.7 Å². The van der Waals surface area contributed by atoms with Gasteiger partial charge < -0.3 is 20.7 Å². The molecule has 0 saturated carbocycles. The van der Waals surface area contributed by atoms with Crippen LogP contribution in [-0.2, 0) is 4.79 Å². The number of hydrazine groups is 1. The number of aliphatic hydroxyl groups is 2. The van der Waals surface area contributed by atoms with Gasteiger partial charge >= 0.3 is 5.97 Å². The van der Waals surface area contributed by atoms with Crippen LogP contribution < -0.4 is 15.9 Å². The number of aliphatic carboxylic acids is 1. The molecule has 3 atom stereocenters. The molecule has 2 rings (SSSR count). The molecule has 0 amide bonds. The van der Waals surface area contributed by atoms with Gasteiger partial charge in [-0.1, -0.05) is 30.3 Å². The van der Waals surface area contributed by atoms with Crippen LogP contribution >= 0.6 is 0 Å². The van der Waals surface area contributed by atoms with Crippen molar-refractivity contribution in [3.05, 3.63) is 47.4 Å². The van der Waals surface area contributed by atoms with Gasteiger partial charge in [-0.25, -0.2) is 4.79 Å². The fraction of sp³-hybridized carbons (Fsp3) is 0.267. The maximum Gasteiger partial charge on any atom is 0.331 e. The molecule has 1 aromatic carbocycles. The average Bonchev–Trinajstić information content (AvgIpc) is 2.46. The van der Waals surface area contributed by atoms with Crippen LogP contribution in [0, 0.1) is 0 Å². The molecule has 1 aliphatic heterocycles. The maximum absolute atomic E-state index is 11.4.